The zero-order chi connectivity index (χ0) is 11.6. The van der Waals surface area contributed by atoms with Gasteiger partial charge in [0.05, 0.1) is 4.92 Å². The molecule has 0 aliphatic carbocycles. The maximum Gasteiger partial charge on any atom is 0.293 e. The first-order valence-corrected chi connectivity index (χ1v) is 5.38. The normalized spacial score (nSPS) is 11.1. The average molecular weight is 290 g/mol. The fourth-order valence-corrected chi connectivity index (χ4v) is 1.49. The lowest BCUT2D eigenvalue weighted by molar-refractivity contribution is -0.385. The molecule has 0 aliphatic rings. The van der Waals surface area contributed by atoms with Crippen LogP contribution in [-0.4, -0.2) is 9.91 Å². The van der Waals surface area contributed by atoms with E-state index in [9.17, 15) is 10.1 Å². The van der Waals surface area contributed by atoms with Crippen LogP contribution >= 0.6 is 46.4 Å². The van der Waals surface area contributed by atoms with Gasteiger partial charge in [-0.2, -0.15) is 0 Å². The monoisotopic (exact) mass is 288 g/mol. The summed E-state index contributed by atoms with van der Waals surface area (Å²) >= 11 is 22.1. The molecular weight excluding hydrogens is 286 g/mol. The molecule has 1 heterocycles. The van der Waals surface area contributed by atoms with Crippen LogP contribution < -0.4 is 0 Å². The van der Waals surface area contributed by atoms with E-state index in [0.717, 1.165) is 0 Å². The van der Waals surface area contributed by atoms with E-state index in [2.05, 4.69) is 4.98 Å². The number of nitro groups is 1. The summed E-state index contributed by atoms with van der Waals surface area (Å²) in [5.41, 5.74) is -0.00219. The van der Waals surface area contributed by atoms with Gasteiger partial charge in [0.25, 0.3) is 5.69 Å². The smallest absolute Gasteiger partial charge is 0.258 e. The first-order valence-electron chi connectivity index (χ1n) is 3.64. The molecule has 0 bridgehead atoms. The largest absolute Gasteiger partial charge is 0.293 e. The van der Waals surface area contributed by atoms with Crippen LogP contribution in [0.15, 0.2) is 12.3 Å². The summed E-state index contributed by atoms with van der Waals surface area (Å²) in [6, 6.07) is 1.20. The van der Waals surface area contributed by atoms with Crippen molar-refractivity contribution in [2.75, 3.05) is 0 Å². The van der Waals surface area contributed by atoms with Crippen molar-refractivity contribution < 1.29 is 4.92 Å². The topological polar surface area (TPSA) is 56.0 Å². The summed E-state index contributed by atoms with van der Waals surface area (Å²) in [6.07, 6.45) is 1.30. The van der Waals surface area contributed by atoms with E-state index in [1.54, 1.807) is 0 Å². The number of pyridine rings is 1. The van der Waals surface area contributed by atoms with Gasteiger partial charge >= 0.3 is 0 Å². The van der Waals surface area contributed by atoms with E-state index < -0.39 is 14.6 Å². The minimum Gasteiger partial charge on any atom is -0.258 e. The SMILES string of the molecule is O=[N+]([O-])c1cc(C(Cl)Cl)cnc1C(Cl)Cl. The molecule has 8 heteroatoms. The average Bonchev–Trinajstić information content (AvgIpc) is 2.16. The summed E-state index contributed by atoms with van der Waals surface area (Å²) < 4.78 is 0. The predicted octanol–water partition coefficient (Wildman–Crippen LogP) is 3.94. The molecule has 0 aliphatic heterocycles. The first-order chi connectivity index (χ1) is 6.93. The standard InChI is InChI=1S/C7H4Cl4N2O2/c8-6(9)3-1-4(13(14)15)5(7(10)11)12-2-3/h1-2,6-7H. The van der Waals surface area contributed by atoms with Crippen molar-refractivity contribution in [2.45, 2.75) is 9.67 Å². The molecule has 0 radical (unpaired) electrons. The first kappa shape index (κ1) is 12.8. The Morgan fingerprint density at radius 1 is 1.27 bits per heavy atom. The molecule has 82 valence electrons. The van der Waals surface area contributed by atoms with Crippen LogP contribution in [0.5, 0.6) is 0 Å². The van der Waals surface area contributed by atoms with Gasteiger partial charge in [-0.3, -0.25) is 15.1 Å². The number of aromatic nitrogens is 1. The van der Waals surface area contributed by atoms with Crippen molar-refractivity contribution in [2.24, 2.45) is 0 Å². The van der Waals surface area contributed by atoms with Gasteiger partial charge in [-0.1, -0.05) is 46.4 Å². The van der Waals surface area contributed by atoms with Gasteiger partial charge in [-0.15, -0.1) is 0 Å². The highest BCUT2D eigenvalue weighted by Crippen LogP contribution is 2.34. The molecule has 1 rings (SSSR count). The van der Waals surface area contributed by atoms with Crippen LogP contribution in [-0.2, 0) is 0 Å². The van der Waals surface area contributed by atoms with Crippen molar-refractivity contribution in [1.29, 1.82) is 0 Å². The summed E-state index contributed by atoms with van der Waals surface area (Å²) in [5.74, 6) is 0. The number of alkyl halides is 4. The van der Waals surface area contributed by atoms with Gasteiger partial charge in [0.1, 0.15) is 4.84 Å². The van der Waals surface area contributed by atoms with E-state index >= 15 is 0 Å². The second-order valence-electron chi connectivity index (χ2n) is 2.53. The van der Waals surface area contributed by atoms with Crippen molar-refractivity contribution in [3.8, 4) is 0 Å². The van der Waals surface area contributed by atoms with E-state index in [1.807, 2.05) is 0 Å². The highest BCUT2D eigenvalue weighted by molar-refractivity contribution is 6.44. The highest BCUT2D eigenvalue weighted by atomic mass is 35.5. The van der Waals surface area contributed by atoms with Crippen LogP contribution in [0, 0.1) is 10.1 Å². The molecule has 0 saturated carbocycles. The molecule has 0 atom stereocenters. The Morgan fingerprint density at radius 2 is 1.87 bits per heavy atom. The van der Waals surface area contributed by atoms with Crippen LogP contribution in [0.4, 0.5) is 5.69 Å². The van der Waals surface area contributed by atoms with Crippen molar-refractivity contribution in [1.82, 2.24) is 4.98 Å². The van der Waals surface area contributed by atoms with Gasteiger partial charge in [0.15, 0.2) is 10.5 Å². The van der Waals surface area contributed by atoms with Gasteiger partial charge in [-0.25, -0.2) is 0 Å². The molecule has 0 unspecified atom stereocenters. The second kappa shape index (κ2) is 5.16. The fourth-order valence-electron chi connectivity index (χ4n) is 0.913. The molecule has 1 aromatic heterocycles. The predicted molar refractivity (Wildman–Crippen MR) is 59.8 cm³/mol. The summed E-state index contributed by atoms with van der Waals surface area (Å²) in [6.45, 7) is 0. The molecular formula is C7H4Cl4N2O2. The van der Waals surface area contributed by atoms with Gasteiger partial charge in [-0.05, 0) is 0 Å². The van der Waals surface area contributed by atoms with E-state index in [1.165, 1.54) is 12.3 Å². The van der Waals surface area contributed by atoms with Gasteiger partial charge in [0.2, 0.25) is 0 Å². The van der Waals surface area contributed by atoms with Gasteiger partial charge < -0.3 is 0 Å². The summed E-state index contributed by atoms with van der Waals surface area (Å²) in [5, 5.41) is 10.7. The lowest BCUT2D eigenvalue weighted by Crippen LogP contribution is -2.00. The zero-order valence-electron chi connectivity index (χ0n) is 7.03. The van der Waals surface area contributed by atoms with E-state index in [4.69, 9.17) is 46.4 Å². The molecule has 4 nitrogen and oxygen atoms in total. The van der Waals surface area contributed by atoms with Crippen LogP contribution in [0.25, 0.3) is 0 Å². The Labute approximate surface area is 105 Å². The van der Waals surface area contributed by atoms with Crippen molar-refractivity contribution in [3.05, 3.63) is 33.6 Å². The zero-order valence-corrected chi connectivity index (χ0v) is 10.1. The Kier molecular flexibility index (Phi) is 4.40. The highest BCUT2D eigenvalue weighted by Gasteiger charge is 2.22. The second-order valence-corrected chi connectivity index (χ2v) is 4.72. The summed E-state index contributed by atoms with van der Waals surface area (Å²) in [4.78, 5) is 11.8. The fraction of sp³-hybridized carbons (Fsp3) is 0.286. The Morgan fingerprint density at radius 3 is 2.27 bits per heavy atom. The molecule has 0 spiro atoms. The Hall–Kier alpha value is -0.290. The maximum absolute atomic E-state index is 10.7. The van der Waals surface area contributed by atoms with Crippen LogP contribution in [0.1, 0.15) is 20.9 Å². The van der Waals surface area contributed by atoms with Crippen molar-refractivity contribution >= 4 is 52.1 Å². The molecule has 0 amide bonds. The number of rotatable bonds is 3. The van der Waals surface area contributed by atoms with Crippen LogP contribution in [0.3, 0.4) is 0 Å². The molecule has 0 saturated heterocycles. The summed E-state index contributed by atoms with van der Waals surface area (Å²) in [7, 11) is 0. The lowest BCUT2D eigenvalue weighted by Gasteiger charge is -2.05. The molecule has 0 N–H and O–H groups in total. The third-order valence-corrected chi connectivity index (χ3v) is 2.49. The van der Waals surface area contributed by atoms with E-state index in [-0.39, 0.29) is 11.4 Å². The molecule has 0 fully saturated rings. The third-order valence-electron chi connectivity index (χ3n) is 1.57. The van der Waals surface area contributed by atoms with Crippen LogP contribution in [0.2, 0.25) is 0 Å². The molecule has 0 aromatic carbocycles. The minimum atomic E-state index is -1.07. The number of nitrogens with zero attached hydrogens (tertiary/aromatic N) is 2. The third kappa shape index (κ3) is 3.08. The van der Waals surface area contributed by atoms with E-state index in [0.29, 0.717) is 5.56 Å². The van der Waals surface area contributed by atoms with Crippen molar-refractivity contribution in [3.63, 3.8) is 0 Å². The molecule has 1 aromatic rings. The number of halogens is 4. The maximum atomic E-state index is 10.7. The van der Waals surface area contributed by atoms with Gasteiger partial charge in [0, 0.05) is 17.8 Å². The Balaban J connectivity index is 3.27. The Bertz CT molecular complexity index is 383. The minimum absolute atomic E-state index is 0.0268. The number of hydrogen-bond donors (Lipinski definition) is 0. The quantitative estimate of drug-likeness (QED) is 0.481. The molecule has 15 heavy (non-hydrogen) atoms. The lowest BCUT2D eigenvalue weighted by atomic mass is 10.2. The number of hydrogen-bond acceptors (Lipinski definition) is 3.